The number of carbonyl (C=O) groups excluding carboxylic acids is 1. The lowest BCUT2D eigenvalue weighted by Gasteiger charge is -2.25. The number of hydrogen-bond acceptors (Lipinski definition) is 4. The Bertz CT molecular complexity index is 782. The van der Waals surface area contributed by atoms with Crippen LogP contribution < -0.4 is 14.8 Å². The molecule has 156 valence electrons. The highest BCUT2D eigenvalue weighted by atomic mass is 19.1. The van der Waals surface area contributed by atoms with Gasteiger partial charge in [-0.25, -0.2) is 4.39 Å². The van der Waals surface area contributed by atoms with E-state index in [-0.39, 0.29) is 17.8 Å². The van der Waals surface area contributed by atoms with Crippen molar-refractivity contribution >= 4 is 5.91 Å². The van der Waals surface area contributed by atoms with Crippen LogP contribution in [-0.4, -0.2) is 50.2 Å². The molecule has 6 heteroatoms. The van der Waals surface area contributed by atoms with Crippen molar-refractivity contribution in [3.05, 3.63) is 59.9 Å². The molecule has 0 bridgehead atoms. The van der Waals surface area contributed by atoms with E-state index in [4.69, 9.17) is 9.47 Å². The predicted octanol–water partition coefficient (Wildman–Crippen LogP) is 3.43. The van der Waals surface area contributed by atoms with Crippen LogP contribution in [0.5, 0.6) is 11.5 Å². The van der Waals surface area contributed by atoms with Gasteiger partial charge in [-0.15, -0.1) is 0 Å². The summed E-state index contributed by atoms with van der Waals surface area (Å²) in [5.74, 6) is 1.51. The third-order valence-electron chi connectivity index (χ3n) is 5.28. The maximum atomic E-state index is 12.9. The van der Waals surface area contributed by atoms with Crippen LogP contribution in [0.25, 0.3) is 0 Å². The molecule has 1 atom stereocenters. The quantitative estimate of drug-likeness (QED) is 0.587. The van der Waals surface area contributed by atoms with Gasteiger partial charge < -0.3 is 19.7 Å². The van der Waals surface area contributed by atoms with Crippen LogP contribution in [-0.2, 0) is 11.2 Å². The van der Waals surface area contributed by atoms with Crippen molar-refractivity contribution in [1.29, 1.82) is 0 Å². The molecule has 0 unspecified atom stereocenters. The second-order valence-corrected chi connectivity index (χ2v) is 7.18. The first-order valence-corrected chi connectivity index (χ1v) is 10.2. The fraction of sp³-hybridized carbons (Fsp3) is 0.435. The van der Waals surface area contributed by atoms with Crippen LogP contribution >= 0.6 is 0 Å². The summed E-state index contributed by atoms with van der Waals surface area (Å²) in [5, 5.41) is 3.36. The molecule has 1 amide bonds. The summed E-state index contributed by atoms with van der Waals surface area (Å²) < 4.78 is 23.9. The highest BCUT2D eigenvalue weighted by Gasteiger charge is 2.30. The van der Waals surface area contributed by atoms with Crippen molar-refractivity contribution in [1.82, 2.24) is 10.2 Å². The highest BCUT2D eigenvalue weighted by Crippen LogP contribution is 2.24. The maximum absolute atomic E-state index is 12.9. The van der Waals surface area contributed by atoms with E-state index in [0.29, 0.717) is 25.3 Å². The molecule has 2 aromatic rings. The Morgan fingerprint density at radius 1 is 1.14 bits per heavy atom. The van der Waals surface area contributed by atoms with Crippen LogP contribution in [0, 0.1) is 5.82 Å². The van der Waals surface area contributed by atoms with E-state index in [1.807, 2.05) is 23.1 Å². The van der Waals surface area contributed by atoms with E-state index in [0.717, 1.165) is 43.7 Å². The number of hydrogen-bond donors (Lipinski definition) is 1. The Hall–Kier alpha value is -2.60. The SMILES string of the molecule is COc1ccccc1CCN1C(=O)CC[C@H]1CCNCCOc1ccc(F)cc1. The fourth-order valence-electron chi connectivity index (χ4n) is 3.72. The zero-order valence-electron chi connectivity index (χ0n) is 16.9. The second-order valence-electron chi connectivity index (χ2n) is 7.18. The molecule has 5 nitrogen and oxygen atoms in total. The average Bonchev–Trinajstić information content (AvgIpc) is 3.10. The summed E-state index contributed by atoms with van der Waals surface area (Å²) in [5.41, 5.74) is 1.13. The van der Waals surface area contributed by atoms with E-state index in [2.05, 4.69) is 11.4 Å². The summed E-state index contributed by atoms with van der Waals surface area (Å²) in [6, 6.07) is 14.3. The molecule has 1 saturated heterocycles. The molecule has 29 heavy (non-hydrogen) atoms. The Kier molecular flexibility index (Phi) is 7.87. The Balaban J connectivity index is 1.37. The van der Waals surface area contributed by atoms with Gasteiger partial charge in [-0.1, -0.05) is 18.2 Å². The van der Waals surface area contributed by atoms with Crippen molar-refractivity contribution in [2.75, 3.05) is 33.4 Å². The number of carbonyl (C=O) groups is 1. The summed E-state index contributed by atoms with van der Waals surface area (Å²) in [7, 11) is 1.67. The van der Waals surface area contributed by atoms with Crippen molar-refractivity contribution < 1.29 is 18.7 Å². The van der Waals surface area contributed by atoms with Crippen LogP contribution in [0.3, 0.4) is 0 Å². The highest BCUT2D eigenvalue weighted by molar-refractivity contribution is 5.78. The van der Waals surface area contributed by atoms with Gasteiger partial charge in [0.2, 0.25) is 5.91 Å². The van der Waals surface area contributed by atoms with Crippen LogP contribution in [0.4, 0.5) is 4.39 Å². The summed E-state index contributed by atoms with van der Waals surface area (Å²) in [6.07, 6.45) is 3.27. The molecule has 0 radical (unpaired) electrons. The average molecular weight is 400 g/mol. The van der Waals surface area contributed by atoms with Gasteiger partial charge in [0.05, 0.1) is 7.11 Å². The standard InChI is InChI=1S/C23H29FN2O3/c1-28-22-5-3-2-4-18(22)13-16-26-20(8-11-23(26)27)12-14-25-15-17-29-21-9-6-19(24)7-10-21/h2-7,9-10,20,25H,8,11-17H2,1H3/t20-/m0/s1. The molecule has 2 aromatic carbocycles. The van der Waals surface area contributed by atoms with Crippen molar-refractivity contribution in [2.24, 2.45) is 0 Å². The van der Waals surface area contributed by atoms with E-state index >= 15 is 0 Å². The van der Waals surface area contributed by atoms with Crippen LogP contribution in [0.15, 0.2) is 48.5 Å². The van der Waals surface area contributed by atoms with E-state index < -0.39 is 0 Å². The number of benzene rings is 2. The lowest BCUT2D eigenvalue weighted by atomic mass is 10.1. The summed E-state index contributed by atoms with van der Waals surface area (Å²) in [4.78, 5) is 14.3. The number of nitrogens with one attached hydrogen (secondary N) is 1. The third kappa shape index (κ3) is 6.19. The molecule has 0 saturated carbocycles. The van der Waals surface area contributed by atoms with E-state index in [9.17, 15) is 9.18 Å². The fourth-order valence-corrected chi connectivity index (χ4v) is 3.72. The number of halogens is 1. The maximum Gasteiger partial charge on any atom is 0.222 e. The molecule has 1 heterocycles. The minimum Gasteiger partial charge on any atom is -0.496 e. The summed E-state index contributed by atoms with van der Waals surface area (Å²) in [6.45, 7) is 2.78. The molecule has 1 N–H and O–H groups in total. The van der Waals surface area contributed by atoms with Crippen LogP contribution in [0.1, 0.15) is 24.8 Å². The first-order valence-electron chi connectivity index (χ1n) is 10.2. The minimum absolute atomic E-state index is 0.240. The zero-order valence-corrected chi connectivity index (χ0v) is 16.9. The number of likely N-dealkylation sites (tertiary alicyclic amines) is 1. The van der Waals surface area contributed by atoms with Crippen molar-refractivity contribution in [3.63, 3.8) is 0 Å². The number of nitrogens with zero attached hydrogens (tertiary/aromatic N) is 1. The number of para-hydroxylation sites is 1. The number of rotatable bonds is 11. The van der Waals surface area contributed by atoms with E-state index in [1.54, 1.807) is 19.2 Å². The molecule has 0 aliphatic carbocycles. The molecule has 0 spiro atoms. The predicted molar refractivity (Wildman–Crippen MR) is 111 cm³/mol. The van der Waals surface area contributed by atoms with Crippen molar-refractivity contribution in [3.8, 4) is 11.5 Å². The molecular formula is C23H29FN2O3. The lowest BCUT2D eigenvalue weighted by molar-refractivity contribution is -0.129. The molecule has 0 aromatic heterocycles. The first kappa shape index (κ1) is 21.1. The zero-order chi connectivity index (χ0) is 20.5. The lowest BCUT2D eigenvalue weighted by Crippen LogP contribution is -2.37. The van der Waals surface area contributed by atoms with Crippen molar-refractivity contribution in [2.45, 2.75) is 31.7 Å². The Morgan fingerprint density at radius 2 is 1.93 bits per heavy atom. The van der Waals surface area contributed by atoms with Gasteiger partial charge in [-0.2, -0.15) is 0 Å². The number of methoxy groups -OCH3 is 1. The normalized spacial score (nSPS) is 16.3. The number of ether oxygens (including phenoxy) is 2. The third-order valence-corrected chi connectivity index (χ3v) is 5.28. The first-order chi connectivity index (χ1) is 14.2. The second kappa shape index (κ2) is 10.8. The topological polar surface area (TPSA) is 50.8 Å². The molecule has 1 fully saturated rings. The monoisotopic (exact) mass is 400 g/mol. The number of amides is 1. The molecule has 1 aliphatic rings. The smallest absolute Gasteiger partial charge is 0.222 e. The Labute approximate surface area is 171 Å². The van der Waals surface area contributed by atoms with Gasteiger partial charge in [-0.3, -0.25) is 4.79 Å². The van der Waals surface area contributed by atoms with Crippen LogP contribution in [0.2, 0.25) is 0 Å². The van der Waals surface area contributed by atoms with Gasteiger partial charge in [0, 0.05) is 25.6 Å². The largest absolute Gasteiger partial charge is 0.496 e. The summed E-state index contributed by atoms with van der Waals surface area (Å²) >= 11 is 0. The van der Waals surface area contributed by atoms with Gasteiger partial charge in [0.25, 0.3) is 0 Å². The minimum atomic E-state index is -0.267. The van der Waals surface area contributed by atoms with Gasteiger partial charge in [0.15, 0.2) is 0 Å². The molecular weight excluding hydrogens is 371 g/mol. The molecule has 1 aliphatic heterocycles. The van der Waals surface area contributed by atoms with Gasteiger partial charge >= 0.3 is 0 Å². The van der Waals surface area contributed by atoms with Gasteiger partial charge in [0.1, 0.15) is 23.9 Å². The van der Waals surface area contributed by atoms with E-state index in [1.165, 1.54) is 12.1 Å². The molecule has 3 rings (SSSR count). The Morgan fingerprint density at radius 3 is 2.72 bits per heavy atom. The van der Waals surface area contributed by atoms with Gasteiger partial charge in [-0.05, 0) is 61.7 Å².